The summed E-state index contributed by atoms with van der Waals surface area (Å²) in [4.78, 5) is 10.8. The zero-order valence-corrected chi connectivity index (χ0v) is 6.96. The monoisotopic (exact) mass is 155 g/mol. The van der Waals surface area contributed by atoms with Gasteiger partial charge in [-0.2, -0.15) is 5.26 Å². The Balaban J connectivity index is 3.50. The van der Waals surface area contributed by atoms with Crippen molar-refractivity contribution in [3.05, 3.63) is 0 Å². The number of hydrogen-bond donors (Lipinski definition) is 0. The lowest BCUT2D eigenvalue weighted by Crippen LogP contribution is -2.08. The van der Waals surface area contributed by atoms with Gasteiger partial charge >= 0.3 is 5.97 Å². The van der Waals surface area contributed by atoms with Crippen molar-refractivity contribution in [2.45, 2.75) is 26.7 Å². The molecule has 0 aliphatic rings. The molecular formula is C8H13NO2. The number of nitriles is 1. The summed E-state index contributed by atoms with van der Waals surface area (Å²) in [6, 6.07) is 2.01. The predicted molar refractivity (Wildman–Crippen MR) is 40.6 cm³/mol. The number of hydrogen-bond acceptors (Lipinski definition) is 3. The maximum absolute atomic E-state index is 10.8. The Morgan fingerprint density at radius 1 is 1.73 bits per heavy atom. The third-order valence-corrected chi connectivity index (χ3v) is 1.26. The highest BCUT2D eigenvalue weighted by Crippen LogP contribution is 2.06. The van der Waals surface area contributed by atoms with Crippen LogP contribution in [0.3, 0.4) is 0 Å². The molecule has 0 amide bonds. The minimum atomic E-state index is -0.213. The maximum atomic E-state index is 10.8. The minimum Gasteiger partial charge on any atom is -0.466 e. The van der Waals surface area contributed by atoms with Gasteiger partial charge in [0.25, 0.3) is 0 Å². The number of nitrogens with zero attached hydrogens (tertiary/aromatic N) is 1. The van der Waals surface area contributed by atoms with Crippen molar-refractivity contribution in [2.24, 2.45) is 5.92 Å². The first-order valence-corrected chi connectivity index (χ1v) is 3.73. The van der Waals surface area contributed by atoms with Crippen LogP contribution in [0, 0.1) is 17.2 Å². The van der Waals surface area contributed by atoms with Crippen molar-refractivity contribution in [2.75, 3.05) is 6.61 Å². The smallest absolute Gasteiger partial charge is 0.306 e. The Morgan fingerprint density at radius 2 is 2.36 bits per heavy atom. The lowest BCUT2D eigenvalue weighted by molar-refractivity contribution is -0.144. The number of esters is 1. The molecule has 0 rings (SSSR count). The molecule has 0 unspecified atom stereocenters. The molecule has 0 bridgehead atoms. The third kappa shape index (κ3) is 5.41. The average Bonchev–Trinajstić information content (AvgIpc) is 1.87. The van der Waals surface area contributed by atoms with Crippen molar-refractivity contribution < 1.29 is 9.53 Å². The molecule has 0 spiro atoms. The number of carbonyl (C=O) groups excluding carboxylic acids is 1. The van der Waals surface area contributed by atoms with E-state index in [-0.39, 0.29) is 11.9 Å². The molecule has 0 radical (unpaired) electrons. The van der Waals surface area contributed by atoms with E-state index in [0.717, 1.165) is 0 Å². The van der Waals surface area contributed by atoms with Crippen LogP contribution in [-0.4, -0.2) is 12.6 Å². The largest absolute Gasteiger partial charge is 0.466 e. The molecule has 0 heterocycles. The fraction of sp³-hybridized carbons (Fsp3) is 0.750. The number of rotatable bonds is 4. The van der Waals surface area contributed by atoms with E-state index in [1.807, 2.05) is 13.0 Å². The molecule has 0 N–H and O–H groups in total. The molecule has 0 aromatic carbocycles. The van der Waals surface area contributed by atoms with Crippen LogP contribution in [0.15, 0.2) is 0 Å². The molecule has 62 valence electrons. The first kappa shape index (κ1) is 9.96. The van der Waals surface area contributed by atoms with Crippen LogP contribution in [0.5, 0.6) is 0 Å². The van der Waals surface area contributed by atoms with E-state index in [1.165, 1.54) is 0 Å². The summed E-state index contributed by atoms with van der Waals surface area (Å²) in [5.74, 6) is -0.103. The Labute approximate surface area is 67.0 Å². The van der Waals surface area contributed by atoms with Crippen LogP contribution in [0.1, 0.15) is 26.7 Å². The second kappa shape index (κ2) is 5.72. The molecular weight excluding hydrogens is 142 g/mol. The third-order valence-electron chi connectivity index (χ3n) is 1.26. The van der Waals surface area contributed by atoms with Gasteiger partial charge < -0.3 is 4.74 Å². The summed E-state index contributed by atoms with van der Waals surface area (Å²) in [6.45, 7) is 4.05. The van der Waals surface area contributed by atoms with Crippen LogP contribution in [0.2, 0.25) is 0 Å². The van der Waals surface area contributed by atoms with Crippen molar-refractivity contribution in [1.82, 2.24) is 0 Å². The van der Waals surface area contributed by atoms with E-state index in [2.05, 4.69) is 0 Å². The van der Waals surface area contributed by atoms with E-state index >= 15 is 0 Å². The lowest BCUT2D eigenvalue weighted by atomic mass is 10.1. The van der Waals surface area contributed by atoms with Crippen molar-refractivity contribution >= 4 is 5.97 Å². The highest BCUT2D eigenvalue weighted by molar-refractivity contribution is 5.69. The molecule has 0 saturated carbocycles. The first-order chi connectivity index (χ1) is 5.20. The summed E-state index contributed by atoms with van der Waals surface area (Å²) in [5, 5.41) is 8.28. The summed E-state index contributed by atoms with van der Waals surface area (Å²) < 4.78 is 4.71. The highest BCUT2D eigenvalue weighted by atomic mass is 16.5. The zero-order chi connectivity index (χ0) is 8.69. The molecule has 3 heteroatoms. The van der Waals surface area contributed by atoms with Gasteiger partial charge in [0.1, 0.15) is 0 Å². The van der Waals surface area contributed by atoms with Gasteiger partial charge in [-0.25, -0.2) is 0 Å². The van der Waals surface area contributed by atoms with Gasteiger partial charge in [0.15, 0.2) is 0 Å². The van der Waals surface area contributed by atoms with Gasteiger partial charge in [0.2, 0.25) is 0 Å². The Kier molecular flexibility index (Phi) is 5.18. The molecule has 11 heavy (non-hydrogen) atoms. The molecule has 0 saturated heterocycles. The maximum Gasteiger partial charge on any atom is 0.306 e. The SMILES string of the molecule is CCOC(=O)C[C@H](C)CC#N. The number of carbonyl (C=O) groups is 1. The Hall–Kier alpha value is -1.04. The van der Waals surface area contributed by atoms with Crippen molar-refractivity contribution in [3.8, 4) is 6.07 Å². The Morgan fingerprint density at radius 3 is 2.82 bits per heavy atom. The van der Waals surface area contributed by atoms with Crippen LogP contribution >= 0.6 is 0 Å². The molecule has 0 aromatic heterocycles. The fourth-order valence-corrected chi connectivity index (χ4v) is 0.732. The predicted octanol–water partition coefficient (Wildman–Crippen LogP) is 1.49. The van der Waals surface area contributed by atoms with Gasteiger partial charge in [-0.15, -0.1) is 0 Å². The summed E-state index contributed by atoms with van der Waals surface area (Å²) >= 11 is 0. The average molecular weight is 155 g/mol. The van der Waals surface area contributed by atoms with E-state index in [4.69, 9.17) is 10.00 Å². The van der Waals surface area contributed by atoms with Gasteiger partial charge in [-0.1, -0.05) is 6.92 Å². The summed E-state index contributed by atoms with van der Waals surface area (Å²) in [7, 11) is 0. The second-order valence-corrected chi connectivity index (χ2v) is 2.48. The fourth-order valence-electron chi connectivity index (χ4n) is 0.732. The molecule has 0 aliphatic carbocycles. The standard InChI is InChI=1S/C8H13NO2/c1-3-11-8(10)6-7(2)4-5-9/h7H,3-4,6H2,1-2H3/t7-/m1/s1. The van der Waals surface area contributed by atoms with Crippen LogP contribution in [0.25, 0.3) is 0 Å². The summed E-state index contributed by atoms with van der Waals surface area (Å²) in [6.07, 6.45) is 0.764. The summed E-state index contributed by atoms with van der Waals surface area (Å²) in [5.41, 5.74) is 0. The Bertz CT molecular complexity index is 160. The van der Waals surface area contributed by atoms with Gasteiger partial charge in [-0.3, -0.25) is 4.79 Å². The normalized spacial score (nSPS) is 11.7. The van der Waals surface area contributed by atoms with Crippen LogP contribution < -0.4 is 0 Å². The molecule has 1 atom stereocenters. The van der Waals surface area contributed by atoms with Gasteiger partial charge in [0, 0.05) is 12.8 Å². The van der Waals surface area contributed by atoms with Crippen LogP contribution in [0.4, 0.5) is 0 Å². The van der Waals surface area contributed by atoms with Crippen LogP contribution in [-0.2, 0) is 9.53 Å². The van der Waals surface area contributed by atoms with E-state index < -0.39 is 0 Å². The highest BCUT2D eigenvalue weighted by Gasteiger charge is 2.08. The lowest BCUT2D eigenvalue weighted by Gasteiger charge is -2.04. The zero-order valence-electron chi connectivity index (χ0n) is 6.96. The molecule has 0 aliphatic heterocycles. The quantitative estimate of drug-likeness (QED) is 0.578. The van der Waals surface area contributed by atoms with Gasteiger partial charge in [-0.05, 0) is 12.8 Å². The van der Waals surface area contributed by atoms with Crippen molar-refractivity contribution in [1.29, 1.82) is 5.26 Å². The minimum absolute atomic E-state index is 0.110. The van der Waals surface area contributed by atoms with Gasteiger partial charge in [0.05, 0.1) is 12.7 Å². The first-order valence-electron chi connectivity index (χ1n) is 3.73. The van der Waals surface area contributed by atoms with E-state index in [9.17, 15) is 4.79 Å². The van der Waals surface area contributed by atoms with E-state index in [0.29, 0.717) is 19.4 Å². The molecule has 0 fully saturated rings. The number of ether oxygens (including phenoxy) is 1. The van der Waals surface area contributed by atoms with E-state index in [1.54, 1.807) is 6.92 Å². The molecule has 3 nitrogen and oxygen atoms in total. The molecule has 0 aromatic rings. The second-order valence-electron chi connectivity index (χ2n) is 2.48. The topological polar surface area (TPSA) is 50.1 Å². The van der Waals surface area contributed by atoms with Crippen molar-refractivity contribution in [3.63, 3.8) is 0 Å².